The van der Waals surface area contributed by atoms with Gasteiger partial charge in [0, 0.05) is 6.07 Å². The zero-order valence-corrected chi connectivity index (χ0v) is 12.1. The number of methoxy groups -OCH3 is 1. The fourth-order valence-corrected chi connectivity index (χ4v) is 2.25. The molecule has 0 aliphatic rings. The molecule has 0 saturated heterocycles. The second-order valence-electron chi connectivity index (χ2n) is 5.12. The molecule has 2 aromatic rings. The Balaban J connectivity index is 2.30. The van der Waals surface area contributed by atoms with E-state index >= 15 is 0 Å². The van der Waals surface area contributed by atoms with Gasteiger partial charge in [-0.25, -0.2) is 4.39 Å². The fourth-order valence-electron chi connectivity index (χ4n) is 2.25. The van der Waals surface area contributed by atoms with Crippen LogP contribution >= 0.6 is 0 Å². The predicted octanol–water partition coefficient (Wildman–Crippen LogP) is 4.64. The highest BCUT2D eigenvalue weighted by Crippen LogP contribution is 2.32. The Morgan fingerprint density at radius 1 is 1.05 bits per heavy atom. The summed E-state index contributed by atoms with van der Waals surface area (Å²) >= 11 is 0. The number of ether oxygens (including phenoxy) is 1. The van der Waals surface area contributed by atoms with E-state index < -0.39 is 0 Å². The van der Waals surface area contributed by atoms with Crippen LogP contribution in [0.15, 0.2) is 48.5 Å². The van der Waals surface area contributed by atoms with Crippen molar-refractivity contribution in [2.75, 3.05) is 12.4 Å². The van der Waals surface area contributed by atoms with Gasteiger partial charge in [0.05, 0.1) is 18.8 Å². The lowest BCUT2D eigenvalue weighted by Gasteiger charge is -2.25. The van der Waals surface area contributed by atoms with Crippen LogP contribution in [-0.2, 0) is 0 Å². The van der Waals surface area contributed by atoms with E-state index in [0.29, 0.717) is 11.7 Å². The lowest BCUT2D eigenvalue weighted by atomic mass is 9.95. The van der Waals surface area contributed by atoms with E-state index in [9.17, 15) is 4.39 Å². The molecule has 0 heterocycles. The molecule has 20 heavy (non-hydrogen) atoms. The van der Waals surface area contributed by atoms with Gasteiger partial charge in [-0.05, 0) is 23.6 Å². The van der Waals surface area contributed by atoms with Crippen LogP contribution < -0.4 is 10.1 Å². The third-order valence-electron chi connectivity index (χ3n) is 3.30. The van der Waals surface area contributed by atoms with Gasteiger partial charge in [0.2, 0.25) is 0 Å². The monoisotopic (exact) mass is 273 g/mol. The van der Waals surface area contributed by atoms with Crippen LogP contribution in [0.3, 0.4) is 0 Å². The molecule has 2 rings (SSSR count). The number of halogens is 1. The van der Waals surface area contributed by atoms with Crippen molar-refractivity contribution in [1.29, 1.82) is 0 Å². The molecular weight excluding hydrogens is 253 g/mol. The summed E-state index contributed by atoms with van der Waals surface area (Å²) < 4.78 is 18.5. The van der Waals surface area contributed by atoms with E-state index in [1.807, 2.05) is 18.2 Å². The van der Waals surface area contributed by atoms with Gasteiger partial charge >= 0.3 is 0 Å². The van der Waals surface area contributed by atoms with E-state index in [1.54, 1.807) is 13.2 Å². The molecule has 0 spiro atoms. The summed E-state index contributed by atoms with van der Waals surface area (Å²) in [5.74, 6) is 0.618. The Bertz CT molecular complexity index is 554. The average molecular weight is 273 g/mol. The van der Waals surface area contributed by atoms with E-state index in [4.69, 9.17) is 4.74 Å². The fraction of sp³-hybridized carbons (Fsp3) is 0.294. The molecule has 2 nitrogen and oxygen atoms in total. The first-order valence-electron chi connectivity index (χ1n) is 6.77. The van der Waals surface area contributed by atoms with Gasteiger partial charge in [0.1, 0.15) is 11.6 Å². The highest BCUT2D eigenvalue weighted by Gasteiger charge is 2.17. The minimum atomic E-state index is -0.298. The molecule has 0 amide bonds. The van der Waals surface area contributed by atoms with Crippen LogP contribution in [0.4, 0.5) is 10.1 Å². The first-order valence-corrected chi connectivity index (χ1v) is 6.77. The molecule has 0 radical (unpaired) electrons. The maximum Gasteiger partial charge on any atom is 0.144 e. The van der Waals surface area contributed by atoms with E-state index in [-0.39, 0.29) is 11.9 Å². The Hall–Kier alpha value is -2.03. The van der Waals surface area contributed by atoms with Crippen molar-refractivity contribution in [2.45, 2.75) is 19.9 Å². The van der Waals surface area contributed by atoms with E-state index in [1.165, 1.54) is 17.7 Å². The molecule has 0 fully saturated rings. The van der Waals surface area contributed by atoms with Crippen LogP contribution in [0.5, 0.6) is 5.75 Å². The largest absolute Gasteiger partial charge is 0.494 e. The smallest absolute Gasteiger partial charge is 0.144 e. The van der Waals surface area contributed by atoms with Crippen LogP contribution in [0.1, 0.15) is 25.5 Å². The van der Waals surface area contributed by atoms with Gasteiger partial charge in [0.15, 0.2) is 0 Å². The molecule has 3 heteroatoms. The standard InChI is InChI=1S/C17H20FNO/c1-12(2)17(13-7-5-4-6-8-13)19-15-10-9-14(18)11-16(15)20-3/h4-12,17,19H,1-3H3. The van der Waals surface area contributed by atoms with Crippen molar-refractivity contribution in [3.05, 3.63) is 59.9 Å². The Morgan fingerprint density at radius 3 is 2.35 bits per heavy atom. The maximum atomic E-state index is 13.2. The zero-order chi connectivity index (χ0) is 14.5. The Morgan fingerprint density at radius 2 is 1.75 bits per heavy atom. The van der Waals surface area contributed by atoms with E-state index in [2.05, 4.69) is 31.3 Å². The van der Waals surface area contributed by atoms with Gasteiger partial charge < -0.3 is 10.1 Å². The molecule has 0 aromatic heterocycles. The summed E-state index contributed by atoms with van der Waals surface area (Å²) in [6.45, 7) is 4.31. The summed E-state index contributed by atoms with van der Waals surface area (Å²) in [6, 6.07) is 14.9. The van der Waals surface area contributed by atoms with Gasteiger partial charge in [-0.15, -0.1) is 0 Å². The van der Waals surface area contributed by atoms with Gasteiger partial charge in [-0.2, -0.15) is 0 Å². The van der Waals surface area contributed by atoms with Crippen molar-refractivity contribution in [1.82, 2.24) is 0 Å². The van der Waals surface area contributed by atoms with Gasteiger partial charge in [-0.1, -0.05) is 44.2 Å². The summed E-state index contributed by atoms with van der Waals surface area (Å²) in [5.41, 5.74) is 2.00. The first-order chi connectivity index (χ1) is 9.61. The van der Waals surface area contributed by atoms with Crippen molar-refractivity contribution < 1.29 is 9.13 Å². The second kappa shape index (κ2) is 6.42. The summed E-state index contributed by atoms with van der Waals surface area (Å²) in [5, 5.41) is 3.45. The first kappa shape index (κ1) is 14.4. The molecule has 1 atom stereocenters. The van der Waals surface area contributed by atoms with Gasteiger partial charge in [0.25, 0.3) is 0 Å². The number of hydrogen-bond donors (Lipinski definition) is 1. The molecule has 0 aliphatic carbocycles. The maximum absolute atomic E-state index is 13.2. The number of benzene rings is 2. The van der Waals surface area contributed by atoms with Crippen LogP contribution in [0.2, 0.25) is 0 Å². The normalized spacial score (nSPS) is 12.2. The molecule has 2 aromatic carbocycles. The number of rotatable bonds is 5. The predicted molar refractivity (Wildman–Crippen MR) is 80.6 cm³/mol. The topological polar surface area (TPSA) is 21.3 Å². The van der Waals surface area contributed by atoms with Crippen molar-refractivity contribution >= 4 is 5.69 Å². The molecule has 0 saturated carbocycles. The minimum Gasteiger partial charge on any atom is -0.494 e. The molecule has 0 aliphatic heterocycles. The van der Waals surface area contributed by atoms with E-state index in [0.717, 1.165) is 5.69 Å². The Labute approximate surface area is 119 Å². The van der Waals surface area contributed by atoms with Crippen LogP contribution in [-0.4, -0.2) is 7.11 Å². The third-order valence-corrected chi connectivity index (χ3v) is 3.30. The average Bonchev–Trinajstić information content (AvgIpc) is 2.46. The lowest BCUT2D eigenvalue weighted by molar-refractivity contribution is 0.411. The summed E-state index contributed by atoms with van der Waals surface area (Å²) in [4.78, 5) is 0. The molecule has 106 valence electrons. The highest BCUT2D eigenvalue weighted by molar-refractivity contribution is 5.57. The number of anilines is 1. The van der Waals surface area contributed by atoms with Crippen LogP contribution in [0, 0.1) is 11.7 Å². The molecule has 1 N–H and O–H groups in total. The van der Waals surface area contributed by atoms with Gasteiger partial charge in [-0.3, -0.25) is 0 Å². The number of hydrogen-bond acceptors (Lipinski definition) is 2. The quantitative estimate of drug-likeness (QED) is 0.856. The minimum absolute atomic E-state index is 0.149. The second-order valence-corrected chi connectivity index (χ2v) is 5.12. The zero-order valence-electron chi connectivity index (χ0n) is 12.1. The van der Waals surface area contributed by atoms with Crippen LogP contribution in [0.25, 0.3) is 0 Å². The molecule has 0 bridgehead atoms. The lowest BCUT2D eigenvalue weighted by Crippen LogP contribution is -2.17. The summed E-state index contributed by atoms with van der Waals surface area (Å²) in [7, 11) is 1.55. The van der Waals surface area contributed by atoms with Crippen molar-refractivity contribution in [3.63, 3.8) is 0 Å². The summed E-state index contributed by atoms with van der Waals surface area (Å²) in [6.07, 6.45) is 0. The SMILES string of the molecule is COc1cc(F)ccc1NC(c1ccccc1)C(C)C. The molecule has 1 unspecified atom stereocenters. The third kappa shape index (κ3) is 3.29. The Kier molecular flexibility index (Phi) is 4.61. The molecular formula is C17H20FNO. The number of nitrogens with one attached hydrogen (secondary N) is 1. The highest BCUT2D eigenvalue weighted by atomic mass is 19.1. The van der Waals surface area contributed by atoms with Crippen molar-refractivity contribution in [2.24, 2.45) is 5.92 Å². The van der Waals surface area contributed by atoms with Crippen molar-refractivity contribution in [3.8, 4) is 5.75 Å².